The molecule has 0 aliphatic carbocycles. The zero-order chi connectivity index (χ0) is 15.0. The zero-order valence-electron chi connectivity index (χ0n) is 10.9. The molecule has 0 aliphatic heterocycles. The van der Waals surface area contributed by atoms with Gasteiger partial charge in [-0.25, -0.2) is 0 Å². The summed E-state index contributed by atoms with van der Waals surface area (Å²) in [6, 6.07) is 12.1. The van der Waals surface area contributed by atoms with Crippen molar-refractivity contribution in [2.45, 2.75) is 0 Å². The van der Waals surface area contributed by atoms with Gasteiger partial charge in [0.2, 0.25) is 0 Å². The average Bonchev–Trinajstić information content (AvgIpc) is 2.90. The highest BCUT2D eigenvalue weighted by Gasteiger charge is 2.18. The van der Waals surface area contributed by atoms with Crippen molar-refractivity contribution < 1.29 is 4.79 Å². The number of fused-ring (bicyclic) bond motifs is 1. The lowest BCUT2D eigenvalue weighted by Crippen LogP contribution is -2.02. The number of rotatable bonds is 2. The Morgan fingerprint density at radius 3 is 2.76 bits per heavy atom. The Morgan fingerprint density at radius 1 is 1.24 bits per heavy atom. The standard InChI is InChI=1S/C16H10ClN3O/c17-13-6-10(19)4-5-11(13)16(21)12-8-20-14-3-1-2-9(7-18)15(12)14/h1-6,8,20H,19H2. The number of halogens is 1. The third-order valence-corrected chi connectivity index (χ3v) is 3.62. The van der Waals surface area contributed by atoms with E-state index in [1.54, 1.807) is 30.5 Å². The number of benzene rings is 2. The number of nitrogens with two attached hydrogens (primary N) is 1. The number of aromatic nitrogens is 1. The minimum atomic E-state index is -0.242. The molecule has 21 heavy (non-hydrogen) atoms. The first kappa shape index (κ1) is 13.2. The topological polar surface area (TPSA) is 82.7 Å². The third-order valence-electron chi connectivity index (χ3n) is 3.31. The van der Waals surface area contributed by atoms with E-state index in [0.717, 1.165) is 5.52 Å². The quantitative estimate of drug-likeness (QED) is 0.560. The number of nitrogen functional groups attached to an aromatic ring is 1. The Labute approximate surface area is 125 Å². The minimum absolute atomic E-state index is 0.242. The van der Waals surface area contributed by atoms with Crippen molar-refractivity contribution in [2.75, 3.05) is 5.73 Å². The van der Waals surface area contributed by atoms with Gasteiger partial charge in [-0.1, -0.05) is 17.7 Å². The van der Waals surface area contributed by atoms with Crippen LogP contribution in [-0.2, 0) is 0 Å². The number of nitrogens with zero attached hydrogens (tertiary/aromatic N) is 1. The summed E-state index contributed by atoms with van der Waals surface area (Å²) in [6.07, 6.45) is 1.60. The van der Waals surface area contributed by atoms with E-state index in [9.17, 15) is 10.1 Å². The van der Waals surface area contributed by atoms with Crippen molar-refractivity contribution >= 4 is 34.0 Å². The largest absolute Gasteiger partial charge is 0.399 e. The van der Waals surface area contributed by atoms with Crippen LogP contribution in [0.25, 0.3) is 10.9 Å². The first-order valence-corrected chi connectivity index (χ1v) is 6.59. The Kier molecular flexibility index (Phi) is 3.13. The molecule has 4 nitrogen and oxygen atoms in total. The monoisotopic (exact) mass is 295 g/mol. The maximum atomic E-state index is 12.7. The molecule has 0 aliphatic rings. The highest BCUT2D eigenvalue weighted by molar-refractivity contribution is 6.35. The van der Waals surface area contributed by atoms with E-state index in [0.29, 0.717) is 32.8 Å². The van der Waals surface area contributed by atoms with Crippen LogP contribution in [0.1, 0.15) is 21.5 Å². The first-order chi connectivity index (χ1) is 10.1. The number of anilines is 1. The summed E-state index contributed by atoms with van der Waals surface area (Å²) < 4.78 is 0. The SMILES string of the molecule is N#Cc1cccc2[nH]cc(C(=O)c3ccc(N)cc3Cl)c12. The van der Waals surface area contributed by atoms with Gasteiger partial charge in [0.1, 0.15) is 0 Å². The highest BCUT2D eigenvalue weighted by Crippen LogP contribution is 2.27. The summed E-state index contributed by atoms with van der Waals surface area (Å²) in [5.41, 5.74) is 8.10. The fraction of sp³-hybridized carbons (Fsp3) is 0. The molecule has 0 atom stereocenters. The van der Waals surface area contributed by atoms with Crippen LogP contribution in [0.3, 0.4) is 0 Å². The van der Waals surface area contributed by atoms with Gasteiger partial charge in [-0.3, -0.25) is 4.79 Å². The summed E-state index contributed by atoms with van der Waals surface area (Å²) in [6.45, 7) is 0. The highest BCUT2D eigenvalue weighted by atomic mass is 35.5. The number of H-pyrrole nitrogens is 1. The van der Waals surface area contributed by atoms with E-state index in [2.05, 4.69) is 11.1 Å². The number of nitrogens with one attached hydrogen (secondary N) is 1. The summed E-state index contributed by atoms with van der Waals surface area (Å²) in [5, 5.41) is 10.1. The van der Waals surface area contributed by atoms with Gasteiger partial charge in [-0.05, 0) is 30.3 Å². The second-order valence-corrected chi connectivity index (χ2v) is 5.02. The number of nitriles is 1. The summed E-state index contributed by atoms with van der Waals surface area (Å²) in [7, 11) is 0. The number of aromatic amines is 1. The van der Waals surface area contributed by atoms with Gasteiger partial charge in [-0.15, -0.1) is 0 Å². The lowest BCUT2D eigenvalue weighted by molar-refractivity contribution is 0.104. The number of carbonyl (C=O) groups excluding carboxylic acids is 1. The molecule has 0 amide bonds. The number of hydrogen-bond donors (Lipinski definition) is 2. The molecule has 0 saturated heterocycles. The van der Waals surface area contributed by atoms with Crippen molar-refractivity contribution in [3.8, 4) is 6.07 Å². The van der Waals surface area contributed by atoms with Crippen LogP contribution in [-0.4, -0.2) is 10.8 Å². The van der Waals surface area contributed by atoms with Crippen molar-refractivity contribution in [2.24, 2.45) is 0 Å². The molecule has 0 fully saturated rings. The Balaban J connectivity index is 2.21. The van der Waals surface area contributed by atoms with Crippen LogP contribution < -0.4 is 5.73 Å². The maximum Gasteiger partial charge on any atom is 0.196 e. The van der Waals surface area contributed by atoms with Crippen molar-refractivity contribution in [1.82, 2.24) is 4.98 Å². The number of hydrogen-bond acceptors (Lipinski definition) is 3. The fourth-order valence-corrected chi connectivity index (χ4v) is 2.59. The number of ketones is 1. The normalized spacial score (nSPS) is 10.5. The van der Waals surface area contributed by atoms with E-state index in [1.807, 2.05) is 6.07 Å². The Hall–Kier alpha value is -2.77. The van der Waals surface area contributed by atoms with Crippen LogP contribution in [0.2, 0.25) is 5.02 Å². The molecular formula is C16H10ClN3O. The molecule has 0 unspecified atom stereocenters. The van der Waals surface area contributed by atoms with Crippen LogP contribution in [0.4, 0.5) is 5.69 Å². The number of carbonyl (C=O) groups is 1. The molecule has 102 valence electrons. The lowest BCUT2D eigenvalue weighted by atomic mass is 9.99. The molecule has 0 spiro atoms. The van der Waals surface area contributed by atoms with Crippen molar-refractivity contribution in [1.29, 1.82) is 5.26 Å². The van der Waals surface area contributed by atoms with E-state index < -0.39 is 0 Å². The minimum Gasteiger partial charge on any atom is -0.399 e. The van der Waals surface area contributed by atoms with Gasteiger partial charge in [0.05, 0.1) is 16.7 Å². The molecular weight excluding hydrogens is 286 g/mol. The lowest BCUT2D eigenvalue weighted by Gasteiger charge is -2.04. The zero-order valence-corrected chi connectivity index (χ0v) is 11.6. The van der Waals surface area contributed by atoms with Gasteiger partial charge in [0.15, 0.2) is 5.78 Å². The molecule has 0 saturated carbocycles. The molecule has 3 N–H and O–H groups in total. The third kappa shape index (κ3) is 2.14. The van der Waals surface area contributed by atoms with Crippen molar-refractivity contribution in [3.63, 3.8) is 0 Å². The molecule has 1 heterocycles. The molecule has 3 aromatic rings. The Morgan fingerprint density at radius 2 is 2.05 bits per heavy atom. The van der Waals surface area contributed by atoms with E-state index in [4.69, 9.17) is 17.3 Å². The van der Waals surface area contributed by atoms with Gasteiger partial charge in [0.25, 0.3) is 0 Å². The maximum absolute atomic E-state index is 12.7. The molecule has 0 radical (unpaired) electrons. The first-order valence-electron chi connectivity index (χ1n) is 6.21. The predicted octanol–water partition coefficient (Wildman–Crippen LogP) is 3.51. The van der Waals surface area contributed by atoms with Crippen LogP contribution in [0.5, 0.6) is 0 Å². The van der Waals surface area contributed by atoms with Gasteiger partial charge in [0, 0.05) is 33.9 Å². The van der Waals surface area contributed by atoms with Gasteiger partial charge >= 0.3 is 0 Å². The second-order valence-electron chi connectivity index (χ2n) is 4.61. The van der Waals surface area contributed by atoms with E-state index in [1.165, 1.54) is 6.07 Å². The Bertz CT molecular complexity index is 906. The van der Waals surface area contributed by atoms with Gasteiger partial charge < -0.3 is 10.7 Å². The molecule has 5 heteroatoms. The molecule has 0 bridgehead atoms. The van der Waals surface area contributed by atoms with Gasteiger partial charge in [-0.2, -0.15) is 5.26 Å². The smallest absolute Gasteiger partial charge is 0.196 e. The summed E-state index contributed by atoms with van der Waals surface area (Å²) in [4.78, 5) is 15.7. The summed E-state index contributed by atoms with van der Waals surface area (Å²) in [5.74, 6) is -0.242. The van der Waals surface area contributed by atoms with Crippen LogP contribution in [0, 0.1) is 11.3 Å². The molecule has 2 aromatic carbocycles. The average molecular weight is 296 g/mol. The van der Waals surface area contributed by atoms with E-state index in [-0.39, 0.29) is 5.78 Å². The predicted molar refractivity (Wildman–Crippen MR) is 82.3 cm³/mol. The fourth-order valence-electron chi connectivity index (χ4n) is 2.32. The molecule has 3 rings (SSSR count). The van der Waals surface area contributed by atoms with Crippen molar-refractivity contribution in [3.05, 3.63) is 64.3 Å². The molecule has 1 aromatic heterocycles. The summed E-state index contributed by atoms with van der Waals surface area (Å²) >= 11 is 6.09. The van der Waals surface area contributed by atoms with Crippen LogP contribution in [0.15, 0.2) is 42.6 Å². The van der Waals surface area contributed by atoms with E-state index >= 15 is 0 Å². The second kappa shape index (κ2) is 4.97. The van der Waals surface area contributed by atoms with Crippen LogP contribution >= 0.6 is 11.6 Å².